The van der Waals surface area contributed by atoms with Gasteiger partial charge in [0.2, 0.25) is 0 Å². The zero-order valence-electron chi connectivity index (χ0n) is 17.0. The molecular weight excluding hydrogens is 667 g/mol. The largest absolute Gasteiger partial charge is 0.460 e. The third kappa shape index (κ3) is 3.79. The van der Waals surface area contributed by atoms with Crippen molar-refractivity contribution in [2.45, 2.75) is 36.2 Å². The highest BCUT2D eigenvalue weighted by atomic mass is 79.9. The zero-order valence-corrected chi connectivity index (χ0v) is 21.0. The lowest BCUT2D eigenvalue weighted by molar-refractivity contribution is -0.382. The Bertz CT molecular complexity index is 1530. The summed E-state index contributed by atoms with van der Waals surface area (Å²) in [6.45, 7) is 0.0944. The average Bonchev–Trinajstić information content (AvgIpc) is 3.05. The van der Waals surface area contributed by atoms with Crippen LogP contribution < -0.4 is 0 Å². The fourth-order valence-electron chi connectivity index (χ4n) is 3.73. The van der Waals surface area contributed by atoms with Crippen molar-refractivity contribution in [3.05, 3.63) is 44.8 Å². The van der Waals surface area contributed by atoms with Crippen molar-refractivity contribution in [3.63, 3.8) is 0 Å². The molecule has 0 bridgehead atoms. The molecule has 0 aliphatic carbocycles. The minimum Gasteiger partial charge on any atom is -0.340 e. The summed E-state index contributed by atoms with van der Waals surface area (Å²) < 4.78 is 148. The third-order valence-corrected chi connectivity index (χ3v) is 7.55. The number of hydrogen-bond acceptors (Lipinski definition) is 4. The molecule has 0 atom stereocenters. The summed E-state index contributed by atoms with van der Waals surface area (Å²) in [7, 11) is -7.12. The van der Waals surface area contributed by atoms with Crippen LogP contribution >= 0.6 is 31.9 Å². The molecule has 1 aromatic heterocycles. The van der Waals surface area contributed by atoms with Crippen molar-refractivity contribution in [1.82, 2.24) is 4.57 Å². The Morgan fingerprint density at radius 3 is 2.08 bits per heavy atom. The van der Waals surface area contributed by atoms with Crippen LogP contribution in [0, 0.1) is 0 Å². The second kappa shape index (κ2) is 8.24. The topological polar surface area (TPSA) is 60.7 Å². The van der Waals surface area contributed by atoms with E-state index in [9.17, 15) is 47.9 Å². The second-order valence-electron chi connectivity index (χ2n) is 7.64. The van der Waals surface area contributed by atoms with Crippen LogP contribution in [0.2, 0.25) is 0 Å². The van der Waals surface area contributed by atoms with Gasteiger partial charge in [0.25, 0.3) is 0 Å². The van der Waals surface area contributed by atoms with E-state index in [4.69, 9.17) is 0 Å². The monoisotopic (exact) mass is 674 g/mol. The van der Waals surface area contributed by atoms with Gasteiger partial charge in [-0.05, 0) is 30.3 Å². The van der Waals surface area contributed by atoms with Crippen LogP contribution in [0.5, 0.6) is 0 Å². The summed E-state index contributed by atoms with van der Waals surface area (Å²) in [5.41, 5.74) is 0.962. The van der Waals surface area contributed by atoms with Gasteiger partial charge >= 0.3 is 33.4 Å². The van der Waals surface area contributed by atoms with Crippen LogP contribution in [0.1, 0.15) is 12.0 Å². The molecule has 1 aliphatic heterocycles. The summed E-state index contributed by atoms with van der Waals surface area (Å²) >= 11 is 6.57. The molecule has 0 fully saturated rings. The molecule has 0 N–H and O–H groups in total. The average molecular weight is 676 g/mol. The van der Waals surface area contributed by atoms with E-state index in [1.54, 1.807) is 28.8 Å². The minimum atomic E-state index is -7.41. The molecule has 2 aromatic carbocycles. The highest BCUT2D eigenvalue weighted by Gasteiger charge is 2.86. The quantitative estimate of drug-likeness (QED) is 0.212. The van der Waals surface area contributed by atoms with E-state index in [0.717, 1.165) is 15.4 Å². The van der Waals surface area contributed by atoms with Crippen LogP contribution in [0.15, 0.2) is 44.4 Å². The van der Waals surface area contributed by atoms with Gasteiger partial charge in [0, 0.05) is 43.8 Å². The zero-order chi connectivity index (χ0) is 27.1. The Morgan fingerprint density at radius 1 is 0.861 bits per heavy atom. The number of aryl methyl sites for hydroxylation is 1. The molecule has 0 saturated heterocycles. The van der Waals surface area contributed by atoms with E-state index in [1.165, 1.54) is 6.07 Å². The van der Waals surface area contributed by atoms with E-state index in [2.05, 4.69) is 41.3 Å². The van der Waals surface area contributed by atoms with E-state index in [0.29, 0.717) is 15.4 Å². The molecule has 1 aliphatic rings. The van der Waals surface area contributed by atoms with Gasteiger partial charge in [-0.15, -0.1) is 0 Å². The van der Waals surface area contributed by atoms with Gasteiger partial charge in [-0.2, -0.15) is 47.9 Å². The predicted octanol–water partition coefficient (Wildman–Crippen LogP) is 7.20. The number of nitrogens with zero attached hydrogens (tertiary/aromatic N) is 2. The molecule has 0 radical (unpaired) electrons. The van der Waals surface area contributed by atoms with Gasteiger partial charge in [0.05, 0.1) is 11.2 Å². The van der Waals surface area contributed by atoms with Gasteiger partial charge in [-0.3, -0.25) is 4.28 Å². The van der Waals surface area contributed by atoms with Crippen molar-refractivity contribution in [1.29, 1.82) is 0 Å². The number of aromatic nitrogens is 1. The summed E-state index contributed by atoms with van der Waals surface area (Å²) in [6, 6.07) is 8.38. The number of benzene rings is 2. The number of halogens is 11. The fraction of sp³-hybridized carbons (Fsp3) is 0.316. The lowest BCUT2D eigenvalue weighted by Gasteiger charge is -2.32. The number of hydrogen-bond donors (Lipinski definition) is 0. The van der Waals surface area contributed by atoms with Gasteiger partial charge in [0.15, 0.2) is 0 Å². The molecule has 196 valence electrons. The highest BCUT2D eigenvalue weighted by Crippen LogP contribution is 2.55. The molecule has 0 saturated carbocycles. The number of fused-ring (bicyclic) bond motifs is 3. The molecular formula is C19H9Br2F9N2O3S. The molecule has 0 amide bonds. The van der Waals surface area contributed by atoms with Crippen LogP contribution in [0.3, 0.4) is 0 Å². The maximum Gasteiger partial charge on any atom is 0.460 e. The van der Waals surface area contributed by atoms with E-state index in [1.807, 2.05) is 0 Å². The van der Waals surface area contributed by atoms with Gasteiger partial charge in [0.1, 0.15) is 0 Å². The molecule has 5 nitrogen and oxygen atoms in total. The molecule has 17 heteroatoms. The molecule has 2 heterocycles. The number of alkyl halides is 9. The summed E-state index contributed by atoms with van der Waals surface area (Å²) in [5.74, 6) is -14.8. The van der Waals surface area contributed by atoms with E-state index in [-0.39, 0.29) is 24.2 Å². The molecule has 4 rings (SSSR count). The van der Waals surface area contributed by atoms with Crippen molar-refractivity contribution >= 4 is 69.5 Å². The smallest absolute Gasteiger partial charge is 0.340 e. The van der Waals surface area contributed by atoms with Crippen molar-refractivity contribution in [3.8, 4) is 0 Å². The van der Waals surface area contributed by atoms with Gasteiger partial charge in [-0.25, -0.2) is 0 Å². The maximum atomic E-state index is 13.9. The van der Waals surface area contributed by atoms with Crippen LogP contribution in [0.25, 0.3) is 21.8 Å². The second-order valence-corrected chi connectivity index (χ2v) is 11.0. The van der Waals surface area contributed by atoms with Crippen molar-refractivity contribution in [2.75, 3.05) is 0 Å². The number of rotatable bonds is 5. The maximum absolute atomic E-state index is 13.9. The molecule has 36 heavy (non-hydrogen) atoms. The molecule has 0 spiro atoms. The normalized spacial score (nSPS) is 16.8. The van der Waals surface area contributed by atoms with Crippen molar-refractivity contribution < 1.29 is 52.2 Å². The Labute approximate surface area is 212 Å². The summed E-state index contributed by atoms with van der Waals surface area (Å²) in [5, 5.41) is -2.68. The summed E-state index contributed by atoms with van der Waals surface area (Å²) in [6.07, 6.45) is -7.37. The Morgan fingerprint density at radius 2 is 1.47 bits per heavy atom. The Kier molecular flexibility index (Phi) is 6.19. The summed E-state index contributed by atoms with van der Waals surface area (Å²) in [4.78, 5) is 0. The fourth-order valence-corrected chi connectivity index (χ4v) is 5.28. The first kappa shape index (κ1) is 27.0. The molecule has 0 unspecified atom stereocenters. The molecule has 3 aromatic rings. The lowest BCUT2D eigenvalue weighted by Crippen LogP contribution is -2.63. The predicted molar refractivity (Wildman–Crippen MR) is 117 cm³/mol. The first-order valence-corrected chi connectivity index (χ1v) is 12.4. The Balaban J connectivity index is 1.79. The Hall–Kier alpha value is -2.01. The first-order valence-electron chi connectivity index (χ1n) is 9.45. The van der Waals surface area contributed by atoms with Gasteiger partial charge < -0.3 is 4.57 Å². The van der Waals surface area contributed by atoms with E-state index < -0.39 is 33.4 Å². The van der Waals surface area contributed by atoms with Crippen LogP contribution in [0.4, 0.5) is 39.5 Å². The SMILES string of the molecule is O=S(=O)(O/N=C1\CCn2c3ccc(Br)cc3c3cc(Br)cc1c32)C(F)(F)C(F)(F)C(F)(F)C(F)(F)F. The van der Waals surface area contributed by atoms with Crippen LogP contribution in [-0.2, 0) is 20.9 Å². The van der Waals surface area contributed by atoms with E-state index >= 15 is 0 Å². The number of oxime groups is 1. The lowest BCUT2D eigenvalue weighted by atomic mass is 10.0. The van der Waals surface area contributed by atoms with Crippen molar-refractivity contribution in [2.24, 2.45) is 5.16 Å². The van der Waals surface area contributed by atoms with Gasteiger partial charge in [-0.1, -0.05) is 37.0 Å². The highest BCUT2D eigenvalue weighted by molar-refractivity contribution is 9.10. The van der Waals surface area contributed by atoms with Crippen LogP contribution in [-0.4, -0.2) is 42.0 Å². The minimum absolute atomic E-state index is 0.0944. The first-order chi connectivity index (χ1) is 16.3. The third-order valence-electron chi connectivity index (χ3n) is 5.44. The standard InChI is InChI=1S/C19H9Br2F9N2O3S/c20-8-1-2-14-10(5-8)11-6-9(21)7-12-13(3-4-32(14)15(11)12)31-35-36(33,34)19(29,30)17(24,25)16(22,23)18(26,27)28/h1-2,5-7H,3-4H2/b31-13+.